The molecular weight excluding hydrogens is 400 g/mol. The molecule has 0 fully saturated rings. The first-order valence-corrected chi connectivity index (χ1v) is 10.7. The molecule has 2 N–H and O–H groups in total. The van der Waals surface area contributed by atoms with Crippen molar-refractivity contribution in [3.8, 4) is 5.69 Å². The van der Waals surface area contributed by atoms with Gasteiger partial charge in [-0.2, -0.15) is 0 Å². The number of nitrogens with two attached hydrogens (primary N) is 1. The average Bonchev–Trinajstić information content (AvgIpc) is 3.05. The van der Waals surface area contributed by atoms with Crippen molar-refractivity contribution in [2.45, 2.75) is 17.0 Å². The zero-order chi connectivity index (χ0) is 18.0. The molecule has 1 unspecified atom stereocenters. The van der Waals surface area contributed by atoms with E-state index >= 15 is 0 Å². The summed E-state index contributed by atoms with van der Waals surface area (Å²) in [6.07, 6.45) is 3.71. The largest absolute Gasteiger partial charge is 0.369 e. The lowest BCUT2D eigenvalue weighted by Crippen LogP contribution is -2.22. The molecule has 1 aromatic heterocycles. The number of nitrogens with zero attached hydrogens (tertiary/aromatic N) is 3. The first kappa shape index (κ1) is 17.7. The zero-order valence-corrected chi connectivity index (χ0v) is 16.4. The van der Waals surface area contributed by atoms with Crippen LogP contribution in [0.5, 0.6) is 0 Å². The standard InChI is InChI=1S/C18H19BrN4OS/c1-13-8-9-16(15(19)10-13)23-12-21-18(22-23)25(2,11-17(20)24)14-6-4-3-5-7-14/h3-10,12H,11H2,1-2H3,(H2,20,24). The number of aryl methyl sites for hydroxylation is 1. The van der Waals surface area contributed by atoms with Crippen LogP contribution >= 0.6 is 26.0 Å². The number of rotatable bonds is 5. The maximum atomic E-state index is 11.7. The molecule has 0 bridgehead atoms. The highest BCUT2D eigenvalue weighted by Crippen LogP contribution is 2.57. The maximum absolute atomic E-state index is 11.7. The summed E-state index contributed by atoms with van der Waals surface area (Å²) in [5, 5.41) is 5.32. The molecule has 7 heteroatoms. The number of primary amides is 1. The molecule has 5 nitrogen and oxygen atoms in total. The molecule has 0 radical (unpaired) electrons. The normalized spacial score (nSPS) is 14.7. The predicted octanol–water partition coefficient (Wildman–Crippen LogP) is 3.68. The van der Waals surface area contributed by atoms with Crippen LogP contribution in [0.3, 0.4) is 0 Å². The molecule has 3 aromatic rings. The Balaban J connectivity index is 2.07. The third-order valence-electron chi connectivity index (χ3n) is 3.92. The Bertz CT molecular complexity index is 912. The molecule has 130 valence electrons. The summed E-state index contributed by atoms with van der Waals surface area (Å²) in [7, 11) is -1.74. The second kappa shape index (κ2) is 7.01. The van der Waals surface area contributed by atoms with Gasteiger partial charge in [-0.05, 0) is 63.8 Å². The molecule has 0 saturated heterocycles. The van der Waals surface area contributed by atoms with Crippen LogP contribution in [0.25, 0.3) is 5.69 Å². The minimum absolute atomic E-state index is 0.218. The van der Waals surface area contributed by atoms with Gasteiger partial charge in [-0.3, -0.25) is 4.79 Å². The van der Waals surface area contributed by atoms with Gasteiger partial charge in [-0.1, -0.05) is 24.3 Å². The minimum atomic E-state index is -1.74. The molecule has 0 spiro atoms. The van der Waals surface area contributed by atoms with Gasteiger partial charge in [0.05, 0.1) is 11.4 Å². The van der Waals surface area contributed by atoms with Crippen LogP contribution in [0.1, 0.15) is 5.56 Å². The topological polar surface area (TPSA) is 73.8 Å². The lowest BCUT2D eigenvalue weighted by atomic mass is 10.2. The average molecular weight is 419 g/mol. The monoisotopic (exact) mass is 418 g/mol. The summed E-state index contributed by atoms with van der Waals surface area (Å²) >= 11 is 3.57. The number of aromatic nitrogens is 3. The Morgan fingerprint density at radius 3 is 2.60 bits per heavy atom. The van der Waals surface area contributed by atoms with Gasteiger partial charge in [-0.15, -0.1) is 15.1 Å². The summed E-state index contributed by atoms with van der Waals surface area (Å²) in [6, 6.07) is 15.9. The lowest BCUT2D eigenvalue weighted by molar-refractivity contribution is -0.115. The van der Waals surface area contributed by atoms with Crippen molar-refractivity contribution in [1.82, 2.24) is 14.8 Å². The number of amides is 1. The van der Waals surface area contributed by atoms with E-state index in [1.165, 1.54) is 0 Å². The summed E-state index contributed by atoms with van der Waals surface area (Å²) in [5.41, 5.74) is 7.58. The van der Waals surface area contributed by atoms with E-state index in [1.807, 2.05) is 61.7 Å². The molecule has 0 aliphatic rings. The van der Waals surface area contributed by atoms with E-state index < -0.39 is 10.0 Å². The van der Waals surface area contributed by atoms with Gasteiger partial charge in [0, 0.05) is 4.47 Å². The Kier molecular flexibility index (Phi) is 4.96. The highest BCUT2D eigenvalue weighted by atomic mass is 79.9. The molecule has 0 aliphatic heterocycles. The molecule has 1 atom stereocenters. The van der Waals surface area contributed by atoms with Crippen LogP contribution in [-0.4, -0.2) is 32.7 Å². The first-order chi connectivity index (χ1) is 11.9. The van der Waals surface area contributed by atoms with E-state index in [-0.39, 0.29) is 11.7 Å². The van der Waals surface area contributed by atoms with E-state index in [2.05, 4.69) is 26.0 Å². The number of carbonyl (C=O) groups excluding carboxylic acids is 1. The van der Waals surface area contributed by atoms with Crippen molar-refractivity contribution in [3.63, 3.8) is 0 Å². The Morgan fingerprint density at radius 1 is 1.24 bits per heavy atom. The number of hydrogen-bond acceptors (Lipinski definition) is 3. The van der Waals surface area contributed by atoms with Gasteiger partial charge in [0.1, 0.15) is 6.33 Å². The summed E-state index contributed by atoms with van der Waals surface area (Å²) < 4.78 is 2.67. The van der Waals surface area contributed by atoms with Gasteiger partial charge in [-0.25, -0.2) is 9.67 Å². The smallest absolute Gasteiger partial charge is 0.226 e. The third-order valence-corrected chi connectivity index (χ3v) is 7.72. The SMILES string of the molecule is Cc1ccc(-n2cnc(S(C)(CC(N)=O)c3ccccc3)n2)c(Br)c1. The van der Waals surface area contributed by atoms with Crippen LogP contribution in [-0.2, 0) is 4.79 Å². The number of halogens is 1. The first-order valence-electron chi connectivity index (χ1n) is 7.68. The van der Waals surface area contributed by atoms with E-state index in [0.717, 1.165) is 20.6 Å². The van der Waals surface area contributed by atoms with E-state index in [9.17, 15) is 4.79 Å². The van der Waals surface area contributed by atoms with Crippen LogP contribution in [0, 0.1) is 6.92 Å². The molecule has 3 rings (SSSR count). The molecule has 0 aliphatic carbocycles. The molecule has 0 saturated carbocycles. The van der Waals surface area contributed by atoms with E-state index in [1.54, 1.807) is 11.0 Å². The van der Waals surface area contributed by atoms with Crippen molar-refractivity contribution >= 4 is 31.9 Å². The zero-order valence-electron chi connectivity index (χ0n) is 14.0. The summed E-state index contributed by atoms with van der Waals surface area (Å²) in [6.45, 7) is 2.03. The fourth-order valence-corrected chi connectivity index (χ4v) is 5.68. The molecule has 1 heterocycles. The quantitative estimate of drug-likeness (QED) is 0.686. The molecule has 1 amide bonds. The number of benzene rings is 2. The highest BCUT2D eigenvalue weighted by molar-refractivity contribution is 9.10. The van der Waals surface area contributed by atoms with Gasteiger partial charge in [0.2, 0.25) is 5.91 Å². The van der Waals surface area contributed by atoms with Crippen LogP contribution < -0.4 is 5.73 Å². The predicted molar refractivity (Wildman–Crippen MR) is 104 cm³/mol. The van der Waals surface area contributed by atoms with Gasteiger partial charge in [0.15, 0.2) is 5.16 Å². The summed E-state index contributed by atoms with van der Waals surface area (Å²) in [4.78, 5) is 17.3. The lowest BCUT2D eigenvalue weighted by Gasteiger charge is -2.31. The Labute approximate surface area is 156 Å². The highest BCUT2D eigenvalue weighted by Gasteiger charge is 2.29. The van der Waals surface area contributed by atoms with Gasteiger partial charge < -0.3 is 5.73 Å². The number of hydrogen-bond donors (Lipinski definition) is 1. The van der Waals surface area contributed by atoms with Crippen molar-refractivity contribution in [3.05, 3.63) is 64.9 Å². The third kappa shape index (κ3) is 3.62. The fraction of sp³-hybridized carbons (Fsp3) is 0.167. The second-order valence-electron chi connectivity index (χ2n) is 5.94. The van der Waals surface area contributed by atoms with Crippen molar-refractivity contribution in [2.75, 3.05) is 12.0 Å². The Morgan fingerprint density at radius 2 is 1.96 bits per heavy atom. The van der Waals surface area contributed by atoms with Crippen molar-refractivity contribution in [2.24, 2.45) is 5.73 Å². The molecule has 25 heavy (non-hydrogen) atoms. The van der Waals surface area contributed by atoms with Crippen LogP contribution in [0.15, 0.2) is 69.4 Å². The van der Waals surface area contributed by atoms with E-state index in [4.69, 9.17) is 5.73 Å². The van der Waals surface area contributed by atoms with Crippen molar-refractivity contribution in [1.29, 1.82) is 0 Å². The van der Waals surface area contributed by atoms with E-state index in [0.29, 0.717) is 5.16 Å². The fourth-order valence-electron chi connectivity index (χ4n) is 2.63. The second-order valence-corrected chi connectivity index (χ2v) is 10.1. The Hall–Kier alpha value is -2.12. The summed E-state index contributed by atoms with van der Waals surface area (Å²) in [5.74, 6) is -0.134. The van der Waals surface area contributed by atoms with Crippen LogP contribution in [0.2, 0.25) is 0 Å². The molecule has 2 aromatic carbocycles. The molecular formula is C18H19BrN4OS. The number of carbonyl (C=O) groups is 1. The maximum Gasteiger partial charge on any atom is 0.226 e. The minimum Gasteiger partial charge on any atom is -0.369 e. The van der Waals surface area contributed by atoms with Crippen molar-refractivity contribution < 1.29 is 4.79 Å². The van der Waals surface area contributed by atoms with Crippen LogP contribution in [0.4, 0.5) is 0 Å². The van der Waals surface area contributed by atoms with Gasteiger partial charge in [0.25, 0.3) is 0 Å². The van der Waals surface area contributed by atoms with Gasteiger partial charge >= 0.3 is 0 Å².